The van der Waals surface area contributed by atoms with Crippen LogP contribution in [0.4, 0.5) is 0 Å². The average Bonchev–Trinajstić information content (AvgIpc) is 2.44. The lowest BCUT2D eigenvalue weighted by Crippen LogP contribution is -2.41. The van der Waals surface area contributed by atoms with Crippen LogP contribution in [-0.2, 0) is 0 Å². The number of hydrogen-bond donors (Lipinski definition) is 2. The molecule has 2 nitrogen and oxygen atoms in total. The Balaban J connectivity index is 2.39. The van der Waals surface area contributed by atoms with E-state index in [0.717, 1.165) is 6.42 Å². The summed E-state index contributed by atoms with van der Waals surface area (Å²) in [5, 5.41) is 12.7. The van der Waals surface area contributed by atoms with Crippen LogP contribution in [0.3, 0.4) is 0 Å². The molecule has 2 heteroatoms. The van der Waals surface area contributed by atoms with Gasteiger partial charge in [0.1, 0.15) is 0 Å². The van der Waals surface area contributed by atoms with Gasteiger partial charge < -0.3 is 10.4 Å². The predicted molar refractivity (Wildman–Crippen MR) is 64.9 cm³/mol. The molecule has 0 saturated heterocycles. The van der Waals surface area contributed by atoms with Crippen molar-refractivity contribution in [2.75, 3.05) is 6.61 Å². The third-order valence-electron chi connectivity index (χ3n) is 3.66. The van der Waals surface area contributed by atoms with E-state index in [-0.39, 0.29) is 0 Å². The van der Waals surface area contributed by atoms with Gasteiger partial charge >= 0.3 is 0 Å². The van der Waals surface area contributed by atoms with E-state index in [2.05, 4.69) is 33.0 Å². The first kappa shape index (κ1) is 13.0. The van der Waals surface area contributed by atoms with Crippen molar-refractivity contribution in [3.05, 3.63) is 0 Å². The zero-order valence-electron chi connectivity index (χ0n) is 10.7. The number of rotatable bonds is 5. The maximum absolute atomic E-state index is 9.02. The van der Waals surface area contributed by atoms with Gasteiger partial charge in [-0.3, -0.25) is 0 Å². The summed E-state index contributed by atoms with van der Waals surface area (Å²) in [5.74, 6) is 0.612. The minimum Gasteiger partial charge on any atom is -0.396 e. The van der Waals surface area contributed by atoms with Crippen molar-refractivity contribution in [3.63, 3.8) is 0 Å². The van der Waals surface area contributed by atoms with Gasteiger partial charge in [0.15, 0.2) is 0 Å². The monoisotopic (exact) mass is 213 g/mol. The molecule has 1 rings (SSSR count). The molecule has 90 valence electrons. The van der Waals surface area contributed by atoms with Crippen molar-refractivity contribution in [3.8, 4) is 0 Å². The Hall–Kier alpha value is -0.0800. The normalized spacial score (nSPS) is 27.2. The van der Waals surface area contributed by atoms with Gasteiger partial charge in [0, 0.05) is 18.7 Å². The molecule has 1 aliphatic carbocycles. The Morgan fingerprint density at radius 3 is 2.47 bits per heavy atom. The van der Waals surface area contributed by atoms with Crippen molar-refractivity contribution >= 4 is 0 Å². The van der Waals surface area contributed by atoms with E-state index in [1.807, 2.05) is 0 Å². The van der Waals surface area contributed by atoms with Gasteiger partial charge in [-0.05, 0) is 37.0 Å². The topological polar surface area (TPSA) is 32.3 Å². The summed E-state index contributed by atoms with van der Waals surface area (Å²) in [6, 6.07) is 1.15. The Kier molecular flexibility index (Phi) is 4.60. The van der Waals surface area contributed by atoms with Crippen LogP contribution in [0.25, 0.3) is 0 Å². The van der Waals surface area contributed by atoms with Gasteiger partial charge in [-0.15, -0.1) is 0 Å². The number of aliphatic hydroxyl groups excluding tert-OH is 1. The molecule has 1 aliphatic rings. The smallest absolute Gasteiger partial charge is 0.0445 e. The highest BCUT2D eigenvalue weighted by molar-refractivity contribution is 4.88. The van der Waals surface area contributed by atoms with E-state index in [0.29, 0.717) is 30.0 Å². The Labute approximate surface area is 94.5 Å². The molecule has 1 saturated carbocycles. The van der Waals surface area contributed by atoms with E-state index >= 15 is 0 Å². The molecular formula is C13H27NO. The standard InChI is InChI=1S/C13H27NO/c1-10(2)12(6-8-15)14-11-5-7-13(3,4)9-11/h10-12,14-15H,5-9H2,1-4H3. The lowest BCUT2D eigenvalue weighted by atomic mass is 9.91. The van der Waals surface area contributed by atoms with Gasteiger partial charge in [-0.25, -0.2) is 0 Å². The van der Waals surface area contributed by atoms with Gasteiger partial charge in [0.25, 0.3) is 0 Å². The third kappa shape index (κ3) is 4.12. The van der Waals surface area contributed by atoms with Gasteiger partial charge in [-0.2, -0.15) is 0 Å². The molecule has 0 aromatic carbocycles. The summed E-state index contributed by atoms with van der Waals surface area (Å²) in [4.78, 5) is 0. The van der Waals surface area contributed by atoms with Crippen molar-refractivity contribution in [2.45, 2.75) is 65.5 Å². The Morgan fingerprint density at radius 2 is 2.07 bits per heavy atom. The molecule has 0 spiro atoms. The van der Waals surface area contributed by atoms with Gasteiger partial charge in [0.05, 0.1) is 0 Å². The summed E-state index contributed by atoms with van der Waals surface area (Å²) in [7, 11) is 0. The quantitative estimate of drug-likeness (QED) is 0.735. The van der Waals surface area contributed by atoms with Crippen LogP contribution in [0.15, 0.2) is 0 Å². The summed E-state index contributed by atoms with van der Waals surface area (Å²) in [5.41, 5.74) is 0.512. The molecule has 0 aromatic heterocycles. The first-order valence-electron chi connectivity index (χ1n) is 6.31. The minimum atomic E-state index is 0.298. The molecule has 0 radical (unpaired) electrons. The van der Waals surface area contributed by atoms with Crippen LogP contribution in [-0.4, -0.2) is 23.8 Å². The molecule has 2 N–H and O–H groups in total. The van der Waals surface area contributed by atoms with Crippen LogP contribution in [0, 0.1) is 11.3 Å². The molecule has 0 heterocycles. The molecule has 0 aliphatic heterocycles. The minimum absolute atomic E-state index is 0.298. The van der Waals surface area contributed by atoms with E-state index in [1.54, 1.807) is 0 Å². The maximum atomic E-state index is 9.02. The second-order valence-corrected chi connectivity index (χ2v) is 6.13. The van der Waals surface area contributed by atoms with Crippen LogP contribution in [0.2, 0.25) is 0 Å². The van der Waals surface area contributed by atoms with Crippen LogP contribution >= 0.6 is 0 Å². The summed E-state index contributed by atoms with van der Waals surface area (Å²) >= 11 is 0. The number of nitrogens with one attached hydrogen (secondary N) is 1. The van der Waals surface area contributed by atoms with Gasteiger partial charge in [0.2, 0.25) is 0 Å². The number of aliphatic hydroxyl groups is 1. The van der Waals surface area contributed by atoms with Crippen molar-refractivity contribution in [2.24, 2.45) is 11.3 Å². The van der Waals surface area contributed by atoms with Crippen molar-refractivity contribution < 1.29 is 5.11 Å². The summed E-state index contributed by atoms with van der Waals surface area (Å²) in [6.07, 6.45) is 4.78. The highest BCUT2D eigenvalue weighted by Crippen LogP contribution is 2.37. The van der Waals surface area contributed by atoms with Crippen LogP contribution in [0.5, 0.6) is 0 Å². The fourth-order valence-corrected chi connectivity index (χ4v) is 2.63. The van der Waals surface area contributed by atoms with E-state index in [4.69, 9.17) is 5.11 Å². The lowest BCUT2D eigenvalue weighted by molar-refractivity contribution is 0.232. The zero-order valence-corrected chi connectivity index (χ0v) is 10.7. The Morgan fingerprint density at radius 1 is 1.40 bits per heavy atom. The largest absolute Gasteiger partial charge is 0.396 e. The molecule has 2 atom stereocenters. The predicted octanol–water partition coefficient (Wildman–Crippen LogP) is 2.56. The first-order valence-corrected chi connectivity index (χ1v) is 6.31. The van der Waals surface area contributed by atoms with Gasteiger partial charge in [-0.1, -0.05) is 27.7 Å². The Bertz CT molecular complexity index is 189. The molecule has 1 fully saturated rings. The fraction of sp³-hybridized carbons (Fsp3) is 1.00. The second kappa shape index (κ2) is 5.31. The second-order valence-electron chi connectivity index (χ2n) is 6.13. The van der Waals surface area contributed by atoms with E-state index in [9.17, 15) is 0 Å². The molecule has 0 amide bonds. The maximum Gasteiger partial charge on any atom is 0.0445 e. The third-order valence-corrected chi connectivity index (χ3v) is 3.66. The number of hydrogen-bond acceptors (Lipinski definition) is 2. The van der Waals surface area contributed by atoms with Crippen molar-refractivity contribution in [1.29, 1.82) is 0 Å². The SMILES string of the molecule is CC(C)C(CCO)NC1CCC(C)(C)C1. The summed E-state index contributed by atoms with van der Waals surface area (Å²) < 4.78 is 0. The molecular weight excluding hydrogens is 186 g/mol. The lowest BCUT2D eigenvalue weighted by Gasteiger charge is -2.26. The van der Waals surface area contributed by atoms with E-state index < -0.39 is 0 Å². The summed E-state index contributed by atoms with van der Waals surface area (Å²) in [6.45, 7) is 9.46. The van der Waals surface area contributed by atoms with E-state index in [1.165, 1.54) is 19.3 Å². The van der Waals surface area contributed by atoms with Crippen LogP contribution < -0.4 is 5.32 Å². The highest BCUT2D eigenvalue weighted by Gasteiger charge is 2.32. The molecule has 2 unspecified atom stereocenters. The fourth-order valence-electron chi connectivity index (χ4n) is 2.63. The van der Waals surface area contributed by atoms with Crippen molar-refractivity contribution in [1.82, 2.24) is 5.32 Å². The average molecular weight is 213 g/mol. The molecule has 0 bridgehead atoms. The molecule has 15 heavy (non-hydrogen) atoms. The highest BCUT2D eigenvalue weighted by atomic mass is 16.3. The molecule has 0 aromatic rings. The van der Waals surface area contributed by atoms with Crippen LogP contribution in [0.1, 0.15) is 53.4 Å². The zero-order chi connectivity index (χ0) is 11.5. The first-order chi connectivity index (χ1) is 6.94.